The molecule has 2 aliphatic rings. The third-order valence-electron chi connectivity index (χ3n) is 10.3. The predicted molar refractivity (Wildman–Crippen MR) is 199 cm³/mol. The first-order chi connectivity index (χ1) is 25.7. The molecule has 4 aromatic carbocycles. The molecule has 10 nitrogen and oxygen atoms in total. The van der Waals surface area contributed by atoms with Gasteiger partial charge in [0.05, 0.1) is 37.1 Å². The number of benzene rings is 4. The van der Waals surface area contributed by atoms with E-state index in [4.69, 9.17) is 9.47 Å². The van der Waals surface area contributed by atoms with Crippen LogP contribution in [0.15, 0.2) is 91.0 Å². The van der Waals surface area contributed by atoms with E-state index in [0.29, 0.717) is 77.9 Å². The van der Waals surface area contributed by atoms with Gasteiger partial charge in [-0.3, -0.25) is 19.4 Å². The molecule has 2 amide bonds. The van der Waals surface area contributed by atoms with Crippen molar-refractivity contribution >= 4 is 23.2 Å². The Kier molecular flexibility index (Phi) is 10.00. The second-order valence-electron chi connectivity index (χ2n) is 13.4. The van der Waals surface area contributed by atoms with Crippen LogP contribution in [0.25, 0.3) is 11.3 Å². The molecule has 0 spiro atoms. The number of anilines is 2. The van der Waals surface area contributed by atoms with Crippen LogP contribution in [0.2, 0.25) is 0 Å². The maximum absolute atomic E-state index is 15.2. The van der Waals surface area contributed by atoms with Crippen LogP contribution >= 0.6 is 0 Å². The minimum atomic E-state index is -0.509. The summed E-state index contributed by atoms with van der Waals surface area (Å²) in [5.41, 5.74) is 5.48. The summed E-state index contributed by atoms with van der Waals surface area (Å²) >= 11 is 0. The smallest absolute Gasteiger partial charge is 0.264 e. The molecule has 0 saturated carbocycles. The van der Waals surface area contributed by atoms with Gasteiger partial charge in [0.15, 0.2) is 0 Å². The monoisotopic (exact) mass is 713 g/mol. The highest BCUT2D eigenvalue weighted by Crippen LogP contribution is 2.36. The van der Waals surface area contributed by atoms with Gasteiger partial charge in [-0.05, 0) is 91.2 Å². The number of nitrogens with zero attached hydrogens (tertiary/aromatic N) is 5. The van der Waals surface area contributed by atoms with Crippen molar-refractivity contribution in [3.63, 3.8) is 0 Å². The van der Waals surface area contributed by atoms with Crippen LogP contribution in [-0.2, 0) is 24.8 Å². The Hall–Kier alpha value is -5.96. The van der Waals surface area contributed by atoms with E-state index in [2.05, 4.69) is 17.0 Å². The van der Waals surface area contributed by atoms with Crippen molar-refractivity contribution < 1.29 is 28.6 Å². The number of fused-ring (bicyclic) bond motifs is 1. The van der Waals surface area contributed by atoms with Crippen molar-refractivity contribution in [2.24, 2.45) is 7.05 Å². The molecule has 0 bridgehead atoms. The Morgan fingerprint density at radius 2 is 1.68 bits per heavy atom. The van der Waals surface area contributed by atoms with E-state index >= 15 is 4.39 Å². The highest BCUT2D eigenvalue weighted by molar-refractivity contribution is 6.12. The van der Waals surface area contributed by atoms with Crippen molar-refractivity contribution in [2.45, 2.75) is 25.9 Å². The number of carbonyl (C=O) groups is 2. The predicted octanol–water partition coefficient (Wildman–Crippen LogP) is 6.60. The summed E-state index contributed by atoms with van der Waals surface area (Å²) < 4.78 is 27.9. The van der Waals surface area contributed by atoms with Crippen molar-refractivity contribution in [2.75, 3.05) is 44.9 Å². The number of carbonyl (C=O) groups excluding carboxylic acids is 2. The number of amides is 2. The van der Waals surface area contributed by atoms with Crippen molar-refractivity contribution in [3.8, 4) is 28.8 Å². The fourth-order valence-electron chi connectivity index (χ4n) is 7.34. The molecule has 11 heteroatoms. The number of morpholine rings is 1. The third kappa shape index (κ3) is 6.99. The van der Waals surface area contributed by atoms with Gasteiger partial charge in [-0.1, -0.05) is 24.3 Å². The summed E-state index contributed by atoms with van der Waals surface area (Å²) in [5.74, 6) is -0.760. The van der Waals surface area contributed by atoms with E-state index in [1.54, 1.807) is 54.9 Å². The summed E-state index contributed by atoms with van der Waals surface area (Å²) in [6.45, 7) is 5.78. The van der Waals surface area contributed by atoms with Gasteiger partial charge in [-0.25, -0.2) is 4.39 Å². The molecule has 53 heavy (non-hydrogen) atoms. The number of nitriles is 1. The molecule has 2 aliphatic heterocycles. The number of hydrogen-bond acceptors (Lipinski definition) is 7. The molecule has 0 aliphatic carbocycles. The van der Waals surface area contributed by atoms with Crippen LogP contribution in [0.3, 0.4) is 0 Å². The van der Waals surface area contributed by atoms with E-state index in [-0.39, 0.29) is 23.3 Å². The topological polar surface area (TPSA) is 111 Å². The lowest BCUT2D eigenvalue weighted by atomic mass is 9.92. The van der Waals surface area contributed by atoms with Gasteiger partial charge >= 0.3 is 0 Å². The molecule has 1 saturated heterocycles. The van der Waals surface area contributed by atoms with Crippen molar-refractivity contribution in [1.82, 2.24) is 14.4 Å². The lowest BCUT2D eigenvalue weighted by Crippen LogP contribution is -2.52. The van der Waals surface area contributed by atoms with E-state index in [9.17, 15) is 20.0 Å². The Bertz CT molecular complexity index is 2220. The van der Waals surface area contributed by atoms with Crippen LogP contribution in [0.5, 0.6) is 11.5 Å². The molecular formula is C42H40FN5O5. The zero-order valence-electron chi connectivity index (χ0n) is 29.9. The molecule has 1 N–H and O–H groups in total. The van der Waals surface area contributed by atoms with Crippen LogP contribution < -0.4 is 9.64 Å². The minimum absolute atomic E-state index is 0.0273. The summed E-state index contributed by atoms with van der Waals surface area (Å²) in [5, 5.41) is 19.8. The second kappa shape index (κ2) is 14.9. The highest BCUT2D eigenvalue weighted by Gasteiger charge is 2.34. The zero-order chi connectivity index (χ0) is 37.2. The lowest BCUT2D eigenvalue weighted by molar-refractivity contribution is 0.0193. The molecule has 0 unspecified atom stereocenters. The number of phenols is 1. The van der Waals surface area contributed by atoms with Crippen molar-refractivity contribution in [3.05, 3.63) is 130 Å². The van der Waals surface area contributed by atoms with E-state index < -0.39 is 11.7 Å². The molecule has 270 valence electrons. The zero-order valence-corrected chi connectivity index (χ0v) is 29.9. The molecule has 5 aromatic rings. The quantitative estimate of drug-likeness (QED) is 0.193. The van der Waals surface area contributed by atoms with Gasteiger partial charge in [0.1, 0.15) is 23.4 Å². The van der Waals surface area contributed by atoms with Gasteiger partial charge in [0.25, 0.3) is 11.8 Å². The Morgan fingerprint density at radius 1 is 0.962 bits per heavy atom. The number of hydrogen-bond donors (Lipinski definition) is 1. The number of aromatic hydroxyl groups is 1. The van der Waals surface area contributed by atoms with E-state index in [1.165, 1.54) is 47.9 Å². The maximum atomic E-state index is 15.2. The van der Waals surface area contributed by atoms with Gasteiger partial charge in [0.2, 0.25) is 0 Å². The molecule has 3 heterocycles. The third-order valence-corrected chi connectivity index (χ3v) is 10.3. The molecular weight excluding hydrogens is 673 g/mol. The van der Waals surface area contributed by atoms with Gasteiger partial charge < -0.3 is 24.0 Å². The average Bonchev–Trinajstić information content (AvgIpc) is 3.48. The number of methoxy groups -OCH3 is 1. The average molecular weight is 714 g/mol. The van der Waals surface area contributed by atoms with Crippen LogP contribution in [0.1, 0.15) is 43.1 Å². The van der Waals surface area contributed by atoms with Crippen LogP contribution in [0, 0.1) is 24.1 Å². The molecule has 1 atom stereocenters. The van der Waals surface area contributed by atoms with Crippen LogP contribution in [-0.4, -0.2) is 77.3 Å². The van der Waals surface area contributed by atoms with E-state index in [1.807, 2.05) is 23.1 Å². The SMILES string of the molecule is COc1ccc(N(C(=O)c2cc(-c3cc(F)ccc3C(=O)N3Cc4ccccc4C[C@H]3CN3CCOCC3)n(C)c2C)c2ccc(O)cc2)cc1C#N. The second-order valence-corrected chi connectivity index (χ2v) is 13.4. The summed E-state index contributed by atoms with van der Waals surface area (Å²) in [4.78, 5) is 35.1. The number of rotatable bonds is 8. The van der Waals surface area contributed by atoms with E-state index in [0.717, 1.165) is 18.7 Å². The number of aromatic nitrogens is 1. The van der Waals surface area contributed by atoms with Gasteiger partial charge in [-0.2, -0.15) is 5.26 Å². The summed E-state index contributed by atoms with van der Waals surface area (Å²) in [6.07, 6.45) is 0.698. The molecule has 1 fully saturated rings. The molecule has 7 rings (SSSR count). The van der Waals surface area contributed by atoms with Crippen LogP contribution in [0.4, 0.5) is 15.8 Å². The number of halogens is 1. The number of ether oxygens (including phenoxy) is 2. The van der Waals surface area contributed by atoms with Crippen molar-refractivity contribution in [1.29, 1.82) is 5.26 Å². The largest absolute Gasteiger partial charge is 0.508 e. The summed E-state index contributed by atoms with van der Waals surface area (Å²) in [6, 6.07) is 27.1. The minimum Gasteiger partial charge on any atom is -0.508 e. The first-order valence-corrected chi connectivity index (χ1v) is 17.5. The normalized spacial score (nSPS) is 15.8. The fraction of sp³-hybridized carbons (Fsp3) is 0.262. The highest BCUT2D eigenvalue weighted by atomic mass is 19.1. The maximum Gasteiger partial charge on any atom is 0.264 e. The molecule has 0 radical (unpaired) electrons. The Balaban J connectivity index is 1.29. The Labute approximate surface area is 307 Å². The first kappa shape index (κ1) is 35.4. The number of phenolic OH excluding ortho intramolecular Hbond substituents is 1. The fourth-order valence-corrected chi connectivity index (χ4v) is 7.34. The molecule has 1 aromatic heterocycles. The van der Waals surface area contributed by atoms with Gasteiger partial charge in [0, 0.05) is 67.5 Å². The summed E-state index contributed by atoms with van der Waals surface area (Å²) in [7, 11) is 3.25. The van der Waals surface area contributed by atoms with Gasteiger partial charge in [-0.15, -0.1) is 0 Å². The standard InChI is InChI=1S/C42H40FN5O5/c1-27-37(42(51)48(32-9-12-35(49)13-10-32)33-11-15-40(52-3)30(21-33)24-44)23-39(45(27)2)38-22-31(43)8-14-36(38)41(50)47-25-29-7-5-4-6-28(29)20-34(47)26-46-16-18-53-19-17-46/h4-15,21-23,34,49H,16-20,25-26H2,1-3H3/t34-/m0/s1. The Morgan fingerprint density at radius 3 is 2.40 bits per heavy atom. The lowest BCUT2D eigenvalue weighted by Gasteiger charge is -2.40. The first-order valence-electron chi connectivity index (χ1n) is 17.5.